The molecule has 2 saturated heterocycles. The summed E-state index contributed by atoms with van der Waals surface area (Å²) in [4.78, 5) is 26.1. The summed E-state index contributed by atoms with van der Waals surface area (Å²) in [6, 6.07) is 9.04. The molecule has 24 heavy (non-hydrogen) atoms. The number of carbonyl (C=O) groups excluding carboxylic acids is 2. The molecule has 1 amide bonds. The van der Waals surface area contributed by atoms with Gasteiger partial charge in [-0.25, -0.2) is 4.79 Å². The van der Waals surface area contributed by atoms with Crippen LogP contribution in [0.15, 0.2) is 30.3 Å². The van der Waals surface area contributed by atoms with Crippen LogP contribution in [0.4, 0.5) is 4.79 Å². The van der Waals surface area contributed by atoms with E-state index in [9.17, 15) is 9.59 Å². The maximum atomic E-state index is 12.6. The maximum absolute atomic E-state index is 12.6. The molecule has 6 heteroatoms. The van der Waals surface area contributed by atoms with E-state index in [0.29, 0.717) is 19.6 Å². The molecule has 0 N–H and O–H groups in total. The second-order valence-corrected chi connectivity index (χ2v) is 6.75. The van der Waals surface area contributed by atoms with Gasteiger partial charge in [0.05, 0.1) is 6.10 Å². The number of ether oxygens (including phenoxy) is 3. The van der Waals surface area contributed by atoms with Gasteiger partial charge in [-0.3, -0.25) is 9.69 Å². The summed E-state index contributed by atoms with van der Waals surface area (Å²) in [6.07, 6.45) is 2.70. The van der Waals surface area contributed by atoms with Crippen molar-refractivity contribution in [1.82, 2.24) is 4.90 Å². The third kappa shape index (κ3) is 2.75. The molecule has 0 spiro atoms. The third-order valence-electron chi connectivity index (χ3n) is 5.16. The molecule has 3 aliphatic rings. The molecule has 3 fully saturated rings. The standard InChI is InChI=1S/C18H21NO5/c20-14-11-22-15-7-10-19(16(14)15)17(21)24-18(8-4-9-18)12-23-13-5-2-1-3-6-13/h1-3,5-6,15-16H,4,7-12H2/t15-,16-/m1/s1. The summed E-state index contributed by atoms with van der Waals surface area (Å²) in [7, 11) is 0. The lowest BCUT2D eigenvalue weighted by atomic mass is 9.80. The molecule has 1 aromatic carbocycles. The van der Waals surface area contributed by atoms with E-state index in [-0.39, 0.29) is 18.5 Å². The molecule has 1 aliphatic carbocycles. The molecule has 2 atom stereocenters. The highest BCUT2D eigenvalue weighted by atomic mass is 16.6. The van der Waals surface area contributed by atoms with Crippen LogP contribution in [0.2, 0.25) is 0 Å². The molecule has 6 nitrogen and oxygen atoms in total. The Labute approximate surface area is 140 Å². The first kappa shape index (κ1) is 15.4. The van der Waals surface area contributed by atoms with Crippen LogP contribution in [0.25, 0.3) is 0 Å². The van der Waals surface area contributed by atoms with Crippen molar-refractivity contribution in [3.63, 3.8) is 0 Å². The van der Waals surface area contributed by atoms with Crippen LogP contribution >= 0.6 is 0 Å². The van der Waals surface area contributed by atoms with E-state index in [4.69, 9.17) is 14.2 Å². The van der Waals surface area contributed by atoms with Gasteiger partial charge in [-0.2, -0.15) is 0 Å². The zero-order chi connectivity index (χ0) is 16.6. The average molecular weight is 331 g/mol. The van der Waals surface area contributed by atoms with Crippen molar-refractivity contribution < 1.29 is 23.8 Å². The predicted molar refractivity (Wildman–Crippen MR) is 84.9 cm³/mol. The quantitative estimate of drug-likeness (QED) is 0.846. The fraction of sp³-hybridized carbons (Fsp3) is 0.556. The van der Waals surface area contributed by atoms with Crippen molar-refractivity contribution in [2.75, 3.05) is 19.8 Å². The summed E-state index contributed by atoms with van der Waals surface area (Å²) in [5.74, 6) is 0.734. The van der Waals surface area contributed by atoms with E-state index in [2.05, 4.69) is 0 Å². The Morgan fingerprint density at radius 2 is 2.08 bits per heavy atom. The zero-order valence-corrected chi connectivity index (χ0v) is 13.5. The van der Waals surface area contributed by atoms with Crippen LogP contribution in [-0.4, -0.2) is 54.3 Å². The van der Waals surface area contributed by atoms with Crippen molar-refractivity contribution in [2.45, 2.75) is 43.4 Å². The SMILES string of the molecule is O=C1CO[C@@H]2CCN(C(=O)OC3(COc4ccccc4)CCC3)[C@H]12. The number of amides is 1. The summed E-state index contributed by atoms with van der Waals surface area (Å²) in [5.41, 5.74) is -0.576. The van der Waals surface area contributed by atoms with Gasteiger partial charge in [0.25, 0.3) is 0 Å². The van der Waals surface area contributed by atoms with Gasteiger partial charge in [0.15, 0.2) is 5.78 Å². The largest absolute Gasteiger partial charge is 0.489 e. The molecular formula is C18H21NO5. The molecule has 2 heterocycles. The van der Waals surface area contributed by atoms with Crippen LogP contribution in [0.5, 0.6) is 5.75 Å². The van der Waals surface area contributed by atoms with Crippen LogP contribution in [0.3, 0.4) is 0 Å². The number of fused-ring (bicyclic) bond motifs is 1. The lowest BCUT2D eigenvalue weighted by molar-refractivity contribution is -0.122. The van der Waals surface area contributed by atoms with Gasteiger partial charge >= 0.3 is 6.09 Å². The number of benzene rings is 1. The van der Waals surface area contributed by atoms with Gasteiger partial charge in [-0.15, -0.1) is 0 Å². The number of hydrogen-bond acceptors (Lipinski definition) is 5. The molecule has 2 aliphatic heterocycles. The van der Waals surface area contributed by atoms with Gasteiger partial charge in [-0.1, -0.05) is 18.2 Å². The van der Waals surface area contributed by atoms with Crippen LogP contribution in [0.1, 0.15) is 25.7 Å². The van der Waals surface area contributed by atoms with Gasteiger partial charge in [0.1, 0.15) is 30.6 Å². The number of rotatable bonds is 4. The van der Waals surface area contributed by atoms with Crippen molar-refractivity contribution in [2.24, 2.45) is 0 Å². The zero-order valence-electron chi connectivity index (χ0n) is 13.5. The molecule has 1 saturated carbocycles. The molecule has 128 valence electrons. The Hall–Kier alpha value is -2.08. The first-order valence-electron chi connectivity index (χ1n) is 8.49. The third-order valence-corrected chi connectivity index (χ3v) is 5.16. The molecule has 0 radical (unpaired) electrons. The minimum Gasteiger partial charge on any atom is -0.489 e. The lowest BCUT2D eigenvalue weighted by Gasteiger charge is -2.41. The second kappa shape index (κ2) is 6.09. The second-order valence-electron chi connectivity index (χ2n) is 6.75. The smallest absolute Gasteiger partial charge is 0.411 e. The number of nitrogens with zero attached hydrogens (tertiary/aromatic N) is 1. The normalized spacial score (nSPS) is 27.5. The molecule has 1 aromatic rings. The topological polar surface area (TPSA) is 65.1 Å². The molecule has 0 aromatic heterocycles. The Balaban J connectivity index is 1.39. The number of ketones is 1. The number of Topliss-reactive ketones (excluding diaryl/α,β-unsaturated/α-hetero) is 1. The van der Waals surface area contributed by atoms with E-state index in [1.807, 2.05) is 30.3 Å². The monoisotopic (exact) mass is 331 g/mol. The number of carbonyl (C=O) groups is 2. The molecule has 4 rings (SSSR count). The highest BCUT2D eigenvalue weighted by Crippen LogP contribution is 2.38. The van der Waals surface area contributed by atoms with Gasteiger partial charge < -0.3 is 14.2 Å². The summed E-state index contributed by atoms with van der Waals surface area (Å²) >= 11 is 0. The first-order chi connectivity index (χ1) is 11.7. The number of hydrogen-bond donors (Lipinski definition) is 0. The molecule has 0 unspecified atom stereocenters. The van der Waals surface area contributed by atoms with Gasteiger partial charge in [0, 0.05) is 6.54 Å². The van der Waals surface area contributed by atoms with Crippen LogP contribution in [0, 0.1) is 0 Å². The van der Waals surface area contributed by atoms with Crippen molar-refractivity contribution in [3.05, 3.63) is 30.3 Å². The highest BCUT2D eigenvalue weighted by molar-refractivity contribution is 5.91. The highest BCUT2D eigenvalue weighted by Gasteiger charge is 2.50. The van der Waals surface area contributed by atoms with E-state index in [1.54, 1.807) is 0 Å². The maximum Gasteiger partial charge on any atom is 0.411 e. The van der Waals surface area contributed by atoms with Crippen molar-refractivity contribution in [1.29, 1.82) is 0 Å². The van der Waals surface area contributed by atoms with E-state index in [0.717, 1.165) is 25.0 Å². The van der Waals surface area contributed by atoms with Crippen LogP contribution in [-0.2, 0) is 14.3 Å². The number of likely N-dealkylation sites (tertiary alicyclic amines) is 1. The van der Waals surface area contributed by atoms with Gasteiger partial charge in [-0.05, 0) is 37.8 Å². The van der Waals surface area contributed by atoms with Gasteiger partial charge in [0.2, 0.25) is 0 Å². The summed E-state index contributed by atoms with van der Waals surface area (Å²) in [5, 5.41) is 0. The fourth-order valence-corrected chi connectivity index (χ4v) is 3.62. The predicted octanol–water partition coefficient (Wildman–Crippen LogP) is 2.17. The first-order valence-corrected chi connectivity index (χ1v) is 8.49. The Bertz CT molecular complexity index is 628. The molecule has 0 bridgehead atoms. The van der Waals surface area contributed by atoms with E-state index >= 15 is 0 Å². The number of para-hydroxylation sites is 1. The minimum atomic E-state index is -0.576. The van der Waals surface area contributed by atoms with Crippen LogP contribution < -0.4 is 4.74 Å². The van der Waals surface area contributed by atoms with E-state index < -0.39 is 17.7 Å². The van der Waals surface area contributed by atoms with E-state index in [1.165, 1.54) is 4.90 Å². The Kier molecular flexibility index (Phi) is 3.92. The lowest BCUT2D eigenvalue weighted by Crippen LogP contribution is -2.51. The summed E-state index contributed by atoms with van der Waals surface area (Å²) in [6.45, 7) is 0.950. The minimum absolute atomic E-state index is 0.0300. The Morgan fingerprint density at radius 1 is 1.29 bits per heavy atom. The average Bonchev–Trinajstić information content (AvgIpc) is 3.14. The van der Waals surface area contributed by atoms with Crippen molar-refractivity contribution in [3.8, 4) is 5.75 Å². The summed E-state index contributed by atoms with van der Waals surface area (Å²) < 4.78 is 17.0. The Morgan fingerprint density at radius 3 is 2.79 bits per heavy atom. The molecular weight excluding hydrogens is 310 g/mol. The fourth-order valence-electron chi connectivity index (χ4n) is 3.62. The van der Waals surface area contributed by atoms with Crippen molar-refractivity contribution >= 4 is 11.9 Å².